The number of nitrogens with zero attached hydrogens (tertiary/aromatic N) is 2. The van der Waals surface area contributed by atoms with Gasteiger partial charge in [0.1, 0.15) is 12.4 Å². The van der Waals surface area contributed by atoms with E-state index in [0.29, 0.717) is 6.61 Å². The van der Waals surface area contributed by atoms with E-state index in [0.717, 1.165) is 54.7 Å². The lowest BCUT2D eigenvalue weighted by atomic mass is 10.1. The summed E-state index contributed by atoms with van der Waals surface area (Å²) in [6, 6.07) is 20.7. The number of hydrogen-bond acceptors (Lipinski definition) is 4. The van der Waals surface area contributed by atoms with Crippen LogP contribution in [0.4, 0.5) is 0 Å². The second-order valence-corrected chi connectivity index (χ2v) is 10.2. The van der Waals surface area contributed by atoms with Crippen molar-refractivity contribution >= 4 is 33.8 Å². The zero-order valence-electron chi connectivity index (χ0n) is 17.9. The number of aromatic nitrogens is 1. The molecular weight excluding hydrogens is 440 g/mol. The number of hydrogen-bond donors (Lipinski definition) is 1. The molecular formula is C26H27ClN2O2S. The van der Waals surface area contributed by atoms with Crippen LogP contribution in [0.3, 0.4) is 0 Å². The number of aliphatic hydroxyl groups is 1. The molecule has 6 heteroatoms. The molecule has 0 spiro atoms. The summed E-state index contributed by atoms with van der Waals surface area (Å²) >= 11 is 7.79. The zero-order chi connectivity index (χ0) is 21.9. The number of benzene rings is 2. The summed E-state index contributed by atoms with van der Waals surface area (Å²) in [7, 11) is 0. The van der Waals surface area contributed by atoms with Gasteiger partial charge in [0.25, 0.3) is 0 Å². The van der Waals surface area contributed by atoms with Crippen LogP contribution in [0.25, 0.3) is 10.9 Å². The maximum atomic E-state index is 9.87. The van der Waals surface area contributed by atoms with E-state index < -0.39 is 0 Å². The third-order valence-electron chi connectivity index (χ3n) is 6.09. The molecule has 4 aromatic rings. The number of ether oxygens (including phenoxy) is 1. The first-order valence-electron chi connectivity index (χ1n) is 11.1. The second kappa shape index (κ2) is 9.67. The largest absolute Gasteiger partial charge is 0.489 e. The first kappa shape index (κ1) is 21.5. The highest BCUT2D eigenvalue weighted by molar-refractivity contribution is 7.16. The van der Waals surface area contributed by atoms with Crippen LogP contribution in [0.1, 0.15) is 28.8 Å². The van der Waals surface area contributed by atoms with Gasteiger partial charge in [0.2, 0.25) is 0 Å². The number of piperidine rings is 1. The minimum Gasteiger partial charge on any atom is -0.489 e. The molecule has 166 valence electrons. The lowest BCUT2D eigenvalue weighted by molar-refractivity contribution is 0.0794. The Morgan fingerprint density at radius 2 is 1.81 bits per heavy atom. The lowest BCUT2D eigenvalue weighted by Crippen LogP contribution is -2.35. The third kappa shape index (κ3) is 5.02. The van der Waals surface area contributed by atoms with Crippen molar-refractivity contribution in [3.8, 4) is 5.75 Å². The Hall–Kier alpha value is -2.31. The smallest absolute Gasteiger partial charge is 0.120 e. The van der Waals surface area contributed by atoms with E-state index in [-0.39, 0.29) is 6.10 Å². The topological polar surface area (TPSA) is 37.6 Å². The Morgan fingerprint density at radius 3 is 2.56 bits per heavy atom. The minimum absolute atomic E-state index is 0.158. The average molecular weight is 467 g/mol. The first-order chi connectivity index (χ1) is 15.6. The maximum Gasteiger partial charge on any atom is 0.120 e. The zero-order valence-corrected chi connectivity index (χ0v) is 19.5. The van der Waals surface area contributed by atoms with Gasteiger partial charge in [-0.3, -0.25) is 4.90 Å². The van der Waals surface area contributed by atoms with Crippen molar-refractivity contribution in [3.05, 3.63) is 87.2 Å². The molecule has 0 amide bonds. The predicted octanol–water partition coefficient (Wildman–Crippen LogP) is 5.94. The molecule has 1 N–H and O–H groups in total. The normalized spacial score (nSPS) is 15.4. The highest BCUT2D eigenvalue weighted by atomic mass is 35.5. The molecule has 0 atom stereocenters. The highest BCUT2D eigenvalue weighted by Crippen LogP contribution is 2.30. The fraction of sp³-hybridized carbons (Fsp3) is 0.308. The van der Waals surface area contributed by atoms with Crippen LogP contribution in [0.5, 0.6) is 5.75 Å². The molecule has 3 heterocycles. The maximum absolute atomic E-state index is 9.87. The minimum atomic E-state index is -0.158. The summed E-state index contributed by atoms with van der Waals surface area (Å²) in [5.74, 6) is 0.883. The molecule has 1 aliphatic rings. The van der Waals surface area contributed by atoms with Crippen molar-refractivity contribution in [1.29, 1.82) is 0 Å². The molecule has 32 heavy (non-hydrogen) atoms. The number of halogens is 1. The fourth-order valence-electron chi connectivity index (χ4n) is 4.36. The third-order valence-corrected chi connectivity index (χ3v) is 7.31. The van der Waals surface area contributed by atoms with Gasteiger partial charge in [0, 0.05) is 41.6 Å². The van der Waals surface area contributed by atoms with Gasteiger partial charge in [-0.2, -0.15) is 0 Å². The number of likely N-dealkylation sites (tertiary alicyclic amines) is 1. The highest BCUT2D eigenvalue weighted by Gasteiger charge is 2.19. The van der Waals surface area contributed by atoms with Gasteiger partial charge in [-0.15, -0.1) is 11.3 Å². The second-order valence-electron chi connectivity index (χ2n) is 8.45. The summed E-state index contributed by atoms with van der Waals surface area (Å²) in [6.07, 6.45) is 3.80. The van der Waals surface area contributed by atoms with Gasteiger partial charge in [-0.1, -0.05) is 41.9 Å². The van der Waals surface area contributed by atoms with Crippen LogP contribution >= 0.6 is 22.9 Å². The van der Waals surface area contributed by atoms with E-state index in [1.807, 2.05) is 24.3 Å². The Kier molecular flexibility index (Phi) is 6.51. The summed E-state index contributed by atoms with van der Waals surface area (Å²) in [5, 5.41) is 11.1. The summed E-state index contributed by atoms with van der Waals surface area (Å²) in [5.41, 5.74) is 3.66. The molecule has 0 unspecified atom stereocenters. The van der Waals surface area contributed by atoms with Crippen LogP contribution < -0.4 is 4.74 Å². The van der Waals surface area contributed by atoms with Crippen molar-refractivity contribution in [2.24, 2.45) is 0 Å². The van der Waals surface area contributed by atoms with Gasteiger partial charge in [-0.25, -0.2) is 0 Å². The number of fused-ring (bicyclic) bond motifs is 1. The van der Waals surface area contributed by atoms with E-state index in [2.05, 4.69) is 52.1 Å². The van der Waals surface area contributed by atoms with Crippen LogP contribution in [0.15, 0.2) is 66.9 Å². The summed E-state index contributed by atoms with van der Waals surface area (Å²) < 4.78 is 9.25. The van der Waals surface area contributed by atoms with Crippen molar-refractivity contribution in [3.63, 3.8) is 0 Å². The summed E-state index contributed by atoms with van der Waals surface area (Å²) in [6.45, 7) is 4.09. The van der Waals surface area contributed by atoms with E-state index in [1.165, 1.54) is 21.3 Å². The van der Waals surface area contributed by atoms with Gasteiger partial charge in [0.15, 0.2) is 0 Å². The number of aliphatic hydroxyl groups excluding tert-OH is 1. The fourth-order valence-corrected chi connectivity index (χ4v) is 5.45. The Bertz CT molecular complexity index is 1180. The molecule has 0 radical (unpaired) electrons. The Morgan fingerprint density at radius 1 is 1.00 bits per heavy atom. The van der Waals surface area contributed by atoms with Gasteiger partial charge in [0.05, 0.1) is 17.0 Å². The average Bonchev–Trinajstić information content (AvgIpc) is 3.37. The van der Waals surface area contributed by atoms with Crippen LogP contribution in [-0.2, 0) is 19.7 Å². The molecule has 1 aliphatic heterocycles. The molecule has 2 aromatic heterocycles. The van der Waals surface area contributed by atoms with E-state index in [1.54, 1.807) is 11.3 Å². The number of rotatable bonds is 7. The van der Waals surface area contributed by atoms with Crippen molar-refractivity contribution in [2.45, 2.75) is 38.6 Å². The van der Waals surface area contributed by atoms with Gasteiger partial charge in [-0.05, 0) is 54.3 Å². The quantitative estimate of drug-likeness (QED) is 0.366. The predicted molar refractivity (Wildman–Crippen MR) is 132 cm³/mol. The molecule has 0 saturated carbocycles. The van der Waals surface area contributed by atoms with Gasteiger partial charge >= 0.3 is 0 Å². The van der Waals surface area contributed by atoms with Crippen molar-refractivity contribution in [2.75, 3.05) is 13.1 Å². The van der Waals surface area contributed by atoms with Crippen LogP contribution in [-0.4, -0.2) is 33.8 Å². The molecule has 4 nitrogen and oxygen atoms in total. The number of thiophene rings is 1. The van der Waals surface area contributed by atoms with E-state index in [4.69, 9.17) is 16.3 Å². The molecule has 1 saturated heterocycles. The lowest BCUT2D eigenvalue weighted by Gasteiger charge is -2.29. The molecule has 0 aliphatic carbocycles. The monoisotopic (exact) mass is 466 g/mol. The van der Waals surface area contributed by atoms with Crippen molar-refractivity contribution < 1.29 is 9.84 Å². The Labute approximate surface area is 197 Å². The van der Waals surface area contributed by atoms with Crippen LogP contribution in [0.2, 0.25) is 4.34 Å². The molecule has 5 rings (SSSR count). The van der Waals surface area contributed by atoms with Gasteiger partial charge < -0.3 is 14.4 Å². The molecule has 0 bridgehead atoms. The van der Waals surface area contributed by atoms with E-state index >= 15 is 0 Å². The molecule has 1 fully saturated rings. The van der Waals surface area contributed by atoms with Crippen LogP contribution in [0, 0.1) is 0 Å². The molecule has 2 aromatic carbocycles. The standard InChI is InChI=1S/C26H27ClN2O2S/c27-26-9-7-23(32-26)17-29-16-20(15-28-12-10-21(30)11-13-28)24-14-22(6-8-25(24)29)31-18-19-4-2-1-3-5-19/h1-9,14,16,21,30H,10-13,15,17-18H2. The summed E-state index contributed by atoms with van der Waals surface area (Å²) in [4.78, 5) is 3.68. The SMILES string of the molecule is OC1CCN(Cc2cn(Cc3ccc(Cl)s3)c3ccc(OCc4ccccc4)cc23)CC1. The Balaban J connectivity index is 1.42. The first-order valence-corrected chi connectivity index (χ1v) is 12.3. The van der Waals surface area contributed by atoms with E-state index in [9.17, 15) is 5.11 Å². The van der Waals surface area contributed by atoms with Crippen molar-refractivity contribution in [1.82, 2.24) is 9.47 Å².